The standard InChI is InChI=1S/C8H16N3O/c1-4-11(5-2-9-1)8-7-12-6-3-10-8/h8,10H,1-7H2. The number of nitrogens with zero attached hydrogens (tertiary/aromatic N) is 2. The second-order valence-electron chi connectivity index (χ2n) is 3.25. The highest BCUT2D eigenvalue weighted by molar-refractivity contribution is 4.76. The summed E-state index contributed by atoms with van der Waals surface area (Å²) < 4.78 is 5.40. The molecule has 2 rings (SSSR count). The number of morpholine rings is 1. The van der Waals surface area contributed by atoms with Crippen molar-refractivity contribution in [3.05, 3.63) is 0 Å². The van der Waals surface area contributed by atoms with Gasteiger partial charge in [0, 0.05) is 32.7 Å². The van der Waals surface area contributed by atoms with Gasteiger partial charge >= 0.3 is 0 Å². The van der Waals surface area contributed by atoms with Crippen LogP contribution in [0.15, 0.2) is 0 Å². The molecule has 2 aliphatic rings. The highest BCUT2D eigenvalue weighted by Gasteiger charge is 2.22. The fraction of sp³-hybridized carbons (Fsp3) is 1.00. The zero-order valence-electron chi connectivity index (χ0n) is 7.33. The van der Waals surface area contributed by atoms with Gasteiger partial charge < -0.3 is 4.74 Å². The monoisotopic (exact) mass is 170 g/mol. The van der Waals surface area contributed by atoms with E-state index in [4.69, 9.17) is 4.74 Å². The zero-order chi connectivity index (χ0) is 8.23. The molecule has 4 nitrogen and oxygen atoms in total. The summed E-state index contributed by atoms with van der Waals surface area (Å²) >= 11 is 0. The van der Waals surface area contributed by atoms with Crippen molar-refractivity contribution in [3.8, 4) is 0 Å². The molecular formula is C8H16N3O. The third kappa shape index (κ3) is 1.95. The highest BCUT2D eigenvalue weighted by atomic mass is 16.5. The summed E-state index contributed by atoms with van der Waals surface area (Å²) in [6.07, 6.45) is 0.439. The van der Waals surface area contributed by atoms with E-state index >= 15 is 0 Å². The summed E-state index contributed by atoms with van der Waals surface area (Å²) in [7, 11) is 0. The minimum atomic E-state index is 0.439. The molecule has 1 N–H and O–H groups in total. The smallest absolute Gasteiger partial charge is 0.0840 e. The molecule has 69 valence electrons. The van der Waals surface area contributed by atoms with Gasteiger partial charge in [0.15, 0.2) is 0 Å². The fourth-order valence-electron chi connectivity index (χ4n) is 1.72. The Morgan fingerprint density at radius 3 is 2.83 bits per heavy atom. The summed E-state index contributed by atoms with van der Waals surface area (Å²) in [5.74, 6) is 0. The zero-order valence-corrected chi connectivity index (χ0v) is 7.33. The van der Waals surface area contributed by atoms with Crippen LogP contribution in [0.25, 0.3) is 0 Å². The average molecular weight is 170 g/mol. The lowest BCUT2D eigenvalue weighted by Crippen LogP contribution is -2.56. The van der Waals surface area contributed by atoms with E-state index < -0.39 is 0 Å². The van der Waals surface area contributed by atoms with Gasteiger partial charge in [0.25, 0.3) is 0 Å². The predicted octanol–water partition coefficient (Wildman–Crippen LogP) is -1.15. The van der Waals surface area contributed by atoms with E-state index in [-0.39, 0.29) is 0 Å². The Kier molecular flexibility index (Phi) is 2.94. The van der Waals surface area contributed by atoms with Crippen LogP contribution in [-0.4, -0.2) is 57.0 Å². The number of hydrogen-bond acceptors (Lipinski definition) is 3. The molecule has 0 bridgehead atoms. The van der Waals surface area contributed by atoms with Crippen LogP contribution >= 0.6 is 0 Å². The Balaban J connectivity index is 1.80. The van der Waals surface area contributed by atoms with E-state index in [1.807, 2.05) is 0 Å². The number of rotatable bonds is 1. The van der Waals surface area contributed by atoms with Crippen LogP contribution in [0.4, 0.5) is 0 Å². The maximum Gasteiger partial charge on any atom is 0.0840 e. The van der Waals surface area contributed by atoms with E-state index in [0.717, 1.165) is 45.9 Å². The van der Waals surface area contributed by atoms with Crippen LogP contribution in [0, 0.1) is 0 Å². The van der Waals surface area contributed by atoms with Crippen molar-refractivity contribution in [2.24, 2.45) is 0 Å². The Hall–Kier alpha value is -0.160. The van der Waals surface area contributed by atoms with Gasteiger partial charge in [-0.05, 0) is 0 Å². The molecule has 12 heavy (non-hydrogen) atoms. The van der Waals surface area contributed by atoms with Gasteiger partial charge in [-0.25, -0.2) is 5.32 Å². The molecule has 1 atom stereocenters. The molecule has 0 aromatic carbocycles. The Morgan fingerprint density at radius 1 is 1.33 bits per heavy atom. The summed E-state index contributed by atoms with van der Waals surface area (Å²) in [6.45, 7) is 6.81. The molecule has 0 spiro atoms. The van der Waals surface area contributed by atoms with Gasteiger partial charge in [-0.1, -0.05) is 0 Å². The Morgan fingerprint density at radius 2 is 2.17 bits per heavy atom. The number of piperazine rings is 1. The van der Waals surface area contributed by atoms with Gasteiger partial charge in [0.05, 0.1) is 19.4 Å². The van der Waals surface area contributed by atoms with Crippen LogP contribution in [0.3, 0.4) is 0 Å². The lowest BCUT2D eigenvalue weighted by Gasteiger charge is -2.36. The maximum absolute atomic E-state index is 5.40. The van der Waals surface area contributed by atoms with Crippen molar-refractivity contribution in [1.29, 1.82) is 0 Å². The number of ether oxygens (including phenoxy) is 1. The van der Waals surface area contributed by atoms with Crippen LogP contribution < -0.4 is 10.6 Å². The molecule has 0 aromatic heterocycles. The van der Waals surface area contributed by atoms with Crippen LogP contribution in [0.2, 0.25) is 0 Å². The van der Waals surface area contributed by atoms with Crippen molar-refractivity contribution in [3.63, 3.8) is 0 Å². The molecule has 0 aromatic rings. The largest absolute Gasteiger partial charge is 0.377 e. The lowest BCUT2D eigenvalue weighted by molar-refractivity contribution is 0.00448. The molecule has 2 fully saturated rings. The Bertz CT molecular complexity index is 114. The molecule has 0 amide bonds. The van der Waals surface area contributed by atoms with Gasteiger partial charge in [0.2, 0.25) is 0 Å². The molecule has 1 radical (unpaired) electrons. The summed E-state index contributed by atoms with van der Waals surface area (Å²) in [5.41, 5.74) is 0. The summed E-state index contributed by atoms with van der Waals surface area (Å²) in [6, 6.07) is 0. The normalized spacial score (nSPS) is 33.5. The van der Waals surface area contributed by atoms with Crippen molar-refractivity contribution in [2.45, 2.75) is 6.17 Å². The third-order valence-corrected chi connectivity index (χ3v) is 2.43. The van der Waals surface area contributed by atoms with Gasteiger partial charge in [-0.3, -0.25) is 10.2 Å². The van der Waals surface area contributed by atoms with Crippen molar-refractivity contribution < 1.29 is 4.74 Å². The van der Waals surface area contributed by atoms with Crippen LogP contribution in [-0.2, 0) is 4.74 Å². The van der Waals surface area contributed by atoms with E-state index in [1.165, 1.54) is 0 Å². The first kappa shape index (κ1) is 8.44. The second-order valence-corrected chi connectivity index (χ2v) is 3.25. The predicted molar refractivity (Wildman–Crippen MR) is 46.1 cm³/mol. The summed E-state index contributed by atoms with van der Waals surface area (Å²) in [4.78, 5) is 2.42. The van der Waals surface area contributed by atoms with Gasteiger partial charge in [-0.15, -0.1) is 0 Å². The average Bonchev–Trinajstić information content (AvgIpc) is 2.21. The fourth-order valence-corrected chi connectivity index (χ4v) is 1.72. The second kappa shape index (κ2) is 4.18. The minimum Gasteiger partial charge on any atom is -0.377 e. The van der Waals surface area contributed by atoms with Crippen LogP contribution in [0.5, 0.6) is 0 Å². The number of hydrogen-bond donors (Lipinski definition) is 1. The molecule has 4 heteroatoms. The van der Waals surface area contributed by atoms with E-state index in [2.05, 4.69) is 15.5 Å². The molecule has 2 heterocycles. The van der Waals surface area contributed by atoms with E-state index in [0.29, 0.717) is 6.17 Å². The topological polar surface area (TPSA) is 38.6 Å². The SMILES string of the molecule is C1CN(C2COCCN2)CC[N]1. The quantitative estimate of drug-likeness (QED) is 0.540. The molecular weight excluding hydrogens is 154 g/mol. The molecule has 2 aliphatic heterocycles. The molecule has 2 saturated heterocycles. The van der Waals surface area contributed by atoms with Crippen molar-refractivity contribution >= 4 is 0 Å². The van der Waals surface area contributed by atoms with Gasteiger partial charge in [-0.2, -0.15) is 0 Å². The van der Waals surface area contributed by atoms with Crippen molar-refractivity contribution in [1.82, 2.24) is 15.5 Å². The Labute approximate surface area is 73.3 Å². The minimum absolute atomic E-state index is 0.439. The van der Waals surface area contributed by atoms with E-state index in [1.54, 1.807) is 0 Å². The molecule has 1 unspecified atom stereocenters. The first-order valence-electron chi connectivity index (χ1n) is 4.65. The maximum atomic E-state index is 5.40. The van der Waals surface area contributed by atoms with Crippen molar-refractivity contribution in [2.75, 3.05) is 45.9 Å². The van der Waals surface area contributed by atoms with Gasteiger partial charge in [0.1, 0.15) is 0 Å². The van der Waals surface area contributed by atoms with Crippen LogP contribution in [0.1, 0.15) is 0 Å². The lowest BCUT2D eigenvalue weighted by atomic mass is 10.3. The summed E-state index contributed by atoms with van der Waals surface area (Å²) in [5, 5.41) is 7.76. The third-order valence-electron chi connectivity index (χ3n) is 2.43. The first-order chi connectivity index (χ1) is 5.97. The molecule has 0 aliphatic carbocycles. The van der Waals surface area contributed by atoms with E-state index in [9.17, 15) is 0 Å². The number of nitrogens with one attached hydrogen (secondary N) is 1. The molecule has 0 saturated carbocycles. The first-order valence-corrected chi connectivity index (χ1v) is 4.65. The highest BCUT2D eigenvalue weighted by Crippen LogP contribution is 2.02.